The molecule has 0 aliphatic rings. The Hall–Kier alpha value is -2.09. The summed E-state index contributed by atoms with van der Waals surface area (Å²) in [7, 11) is 0. The lowest BCUT2D eigenvalue weighted by atomic mass is 9.88. The molecule has 0 aromatic heterocycles. The molecule has 138 valence electrons. The highest BCUT2D eigenvalue weighted by Gasteiger charge is 2.21. The molecule has 0 aliphatic carbocycles. The molecule has 0 aromatic rings. The second kappa shape index (κ2) is 12.3. The molecule has 0 spiro atoms. The lowest BCUT2D eigenvalue weighted by Gasteiger charge is -2.19. The van der Waals surface area contributed by atoms with Gasteiger partial charge < -0.3 is 4.74 Å². The molecule has 0 saturated heterocycles. The van der Waals surface area contributed by atoms with Crippen LogP contribution in [0.15, 0.2) is 70.9 Å². The third-order valence-corrected chi connectivity index (χ3v) is 3.66. The summed E-state index contributed by atoms with van der Waals surface area (Å²) in [5.74, 6) is -0.305. The molecule has 0 aromatic carbocycles. The van der Waals surface area contributed by atoms with Crippen LogP contribution in [-0.2, 0) is 9.53 Å². The molecule has 0 rings (SSSR count). The predicted octanol–water partition coefficient (Wildman–Crippen LogP) is 6.64. The van der Waals surface area contributed by atoms with Gasteiger partial charge in [0, 0.05) is 5.57 Å². The summed E-state index contributed by atoms with van der Waals surface area (Å²) < 4.78 is 5.47. The molecule has 0 bridgehead atoms. The molecule has 0 fully saturated rings. The molecule has 0 radical (unpaired) electrons. The van der Waals surface area contributed by atoms with Crippen molar-refractivity contribution in [1.29, 1.82) is 0 Å². The zero-order valence-corrected chi connectivity index (χ0v) is 17.0. The van der Waals surface area contributed by atoms with Crippen LogP contribution >= 0.6 is 0 Å². The maximum Gasteiger partial charge on any atom is 0.338 e. The SMILES string of the molecule is C=CC(=C\C)/C(=C(\C=C/CC)C(/C)=C/CC)C(=C\C)/C(=O)OC(C)C. The number of hydrogen-bond donors (Lipinski definition) is 0. The zero-order valence-electron chi connectivity index (χ0n) is 17.0. The number of esters is 1. The largest absolute Gasteiger partial charge is 0.459 e. The van der Waals surface area contributed by atoms with E-state index in [0.717, 1.165) is 35.1 Å². The van der Waals surface area contributed by atoms with Crippen molar-refractivity contribution in [2.24, 2.45) is 0 Å². The summed E-state index contributed by atoms with van der Waals surface area (Å²) in [6.45, 7) is 17.8. The first-order valence-electron chi connectivity index (χ1n) is 9.12. The highest BCUT2D eigenvalue weighted by Crippen LogP contribution is 2.30. The fraction of sp³-hybridized carbons (Fsp3) is 0.435. The predicted molar refractivity (Wildman–Crippen MR) is 109 cm³/mol. The first-order valence-corrected chi connectivity index (χ1v) is 9.12. The highest BCUT2D eigenvalue weighted by atomic mass is 16.5. The summed E-state index contributed by atoms with van der Waals surface area (Å²) in [4.78, 5) is 12.7. The van der Waals surface area contributed by atoms with Crippen LogP contribution in [0.2, 0.25) is 0 Å². The van der Waals surface area contributed by atoms with E-state index in [1.807, 2.05) is 39.8 Å². The Morgan fingerprint density at radius 3 is 2.16 bits per heavy atom. The Labute approximate surface area is 154 Å². The fourth-order valence-electron chi connectivity index (χ4n) is 2.53. The van der Waals surface area contributed by atoms with Gasteiger partial charge in [-0.1, -0.05) is 56.9 Å². The van der Waals surface area contributed by atoms with E-state index in [0.29, 0.717) is 5.57 Å². The Bertz CT molecular complexity index is 608. The van der Waals surface area contributed by atoms with E-state index >= 15 is 0 Å². The van der Waals surface area contributed by atoms with Crippen LogP contribution in [-0.4, -0.2) is 12.1 Å². The van der Waals surface area contributed by atoms with Gasteiger partial charge in [-0.05, 0) is 64.2 Å². The molecule has 0 amide bonds. The lowest BCUT2D eigenvalue weighted by Crippen LogP contribution is -2.16. The third kappa shape index (κ3) is 7.13. The van der Waals surface area contributed by atoms with Gasteiger partial charge in [0.05, 0.1) is 11.7 Å². The van der Waals surface area contributed by atoms with Gasteiger partial charge in [0.1, 0.15) is 0 Å². The second-order valence-corrected chi connectivity index (χ2v) is 6.00. The summed E-state index contributed by atoms with van der Waals surface area (Å²) in [5, 5.41) is 0. The summed E-state index contributed by atoms with van der Waals surface area (Å²) in [6, 6.07) is 0. The van der Waals surface area contributed by atoms with Gasteiger partial charge in [0.2, 0.25) is 0 Å². The highest BCUT2D eigenvalue weighted by molar-refractivity contribution is 5.96. The van der Waals surface area contributed by atoms with Crippen LogP contribution in [0.3, 0.4) is 0 Å². The van der Waals surface area contributed by atoms with Crippen molar-refractivity contribution in [2.75, 3.05) is 0 Å². The monoisotopic (exact) mass is 342 g/mol. The van der Waals surface area contributed by atoms with Crippen molar-refractivity contribution in [3.05, 3.63) is 70.9 Å². The van der Waals surface area contributed by atoms with E-state index in [4.69, 9.17) is 4.74 Å². The van der Waals surface area contributed by atoms with Crippen LogP contribution in [0.1, 0.15) is 61.3 Å². The maximum atomic E-state index is 12.7. The minimum absolute atomic E-state index is 0.164. The summed E-state index contributed by atoms with van der Waals surface area (Å²) in [5.41, 5.74) is 4.54. The topological polar surface area (TPSA) is 26.3 Å². The Morgan fingerprint density at radius 1 is 1.12 bits per heavy atom. The molecular formula is C23H34O2. The van der Waals surface area contributed by atoms with Crippen LogP contribution in [0, 0.1) is 0 Å². The van der Waals surface area contributed by atoms with E-state index in [1.165, 1.54) is 0 Å². The third-order valence-electron chi connectivity index (χ3n) is 3.66. The standard InChI is InChI=1S/C23H34O2/c1-9-14-16-21(18(8)15-10-2)22(19(11-3)12-4)20(13-5)23(24)25-17(6)7/h11-17H,3,9-10H2,1-2,4-8H3/b16-14-,18-15+,19-12+,20-13+,22-21-. The molecule has 25 heavy (non-hydrogen) atoms. The number of ether oxygens (including phenoxy) is 1. The van der Waals surface area contributed by atoms with E-state index < -0.39 is 0 Å². The van der Waals surface area contributed by atoms with Gasteiger partial charge in [-0.3, -0.25) is 0 Å². The molecule has 0 atom stereocenters. The molecule has 0 aliphatic heterocycles. The number of rotatable bonds is 9. The first-order chi connectivity index (χ1) is 11.9. The Kier molecular flexibility index (Phi) is 11.3. The lowest BCUT2D eigenvalue weighted by molar-refractivity contribution is -0.142. The van der Waals surface area contributed by atoms with Crippen molar-refractivity contribution in [2.45, 2.75) is 67.4 Å². The minimum Gasteiger partial charge on any atom is -0.459 e. The average molecular weight is 343 g/mol. The van der Waals surface area contributed by atoms with E-state index in [2.05, 4.69) is 45.6 Å². The smallest absolute Gasteiger partial charge is 0.338 e. The number of allylic oxidation sites excluding steroid dienone is 9. The first kappa shape index (κ1) is 22.9. The van der Waals surface area contributed by atoms with Crippen molar-refractivity contribution in [3.63, 3.8) is 0 Å². The van der Waals surface area contributed by atoms with Crippen LogP contribution in [0.25, 0.3) is 0 Å². The molecule has 2 heteroatoms. The van der Waals surface area contributed by atoms with Crippen molar-refractivity contribution in [1.82, 2.24) is 0 Å². The average Bonchev–Trinajstić information content (AvgIpc) is 2.56. The molecule has 0 unspecified atom stereocenters. The number of carbonyl (C=O) groups excluding carboxylic acids is 1. The quantitative estimate of drug-likeness (QED) is 0.267. The molecule has 0 heterocycles. The molecule has 0 N–H and O–H groups in total. The van der Waals surface area contributed by atoms with Crippen molar-refractivity contribution in [3.8, 4) is 0 Å². The number of hydrogen-bond acceptors (Lipinski definition) is 2. The molecule has 0 saturated carbocycles. The van der Waals surface area contributed by atoms with Gasteiger partial charge in [-0.25, -0.2) is 4.79 Å². The minimum atomic E-state index is -0.305. The normalized spacial score (nSPS) is 14.8. The summed E-state index contributed by atoms with van der Waals surface area (Å²) in [6.07, 6.45) is 13.7. The van der Waals surface area contributed by atoms with E-state index in [-0.39, 0.29) is 12.1 Å². The molecular weight excluding hydrogens is 308 g/mol. The van der Waals surface area contributed by atoms with Gasteiger partial charge >= 0.3 is 5.97 Å². The maximum absolute atomic E-state index is 12.7. The van der Waals surface area contributed by atoms with E-state index in [9.17, 15) is 4.79 Å². The van der Waals surface area contributed by atoms with Crippen molar-refractivity contribution >= 4 is 5.97 Å². The zero-order chi connectivity index (χ0) is 19.4. The van der Waals surface area contributed by atoms with Crippen LogP contribution in [0.4, 0.5) is 0 Å². The Balaban J connectivity index is 6.71. The van der Waals surface area contributed by atoms with Gasteiger partial charge in [-0.2, -0.15) is 0 Å². The van der Waals surface area contributed by atoms with Gasteiger partial charge in [-0.15, -0.1) is 0 Å². The van der Waals surface area contributed by atoms with E-state index in [1.54, 1.807) is 6.08 Å². The van der Waals surface area contributed by atoms with Crippen LogP contribution < -0.4 is 0 Å². The van der Waals surface area contributed by atoms with Crippen molar-refractivity contribution < 1.29 is 9.53 Å². The summed E-state index contributed by atoms with van der Waals surface area (Å²) >= 11 is 0. The van der Waals surface area contributed by atoms with Crippen LogP contribution in [0.5, 0.6) is 0 Å². The second-order valence-electron chi connectivity index (χ2n) is 6.00. The molecule has 2 nitrogen and oxygen atoms in total. The Morgan fingerprint density at radius 2 is 1.76 bits per heavy atom. The van der Waals surface area contributed by atoms with Gasteiger partial charge in [0.15, 0.2) is 0 Å². The fourth-order valence-corrected chi connectivity index (χ4v) is 2.53. The number of carbonyl (C=O) groups is 1. The van der Waals surface area contributed by atoms with Gasteiger partial charge in [0.25, 0.3) is 0 Å².